The van der Waals surface area contributed by atoms with Crippen LogP contribution in [-0.4, -0.2) is 18.5 Å². The second-order valence-corrected chi connectivity index (χ2v) is 6.84. The molecule has 0 unspecified atom stereocenters. The molecule has 4 nitrogen and oxygen atoms in total. The lowest BCUT2D eigenvalue weighted by Crippen LogP contribution is -2.16. The van der Waals surface area contributed by atoms with Crippen LogP contribution in [0.4, 0.5) is 5.00 Å². The molecule has 6 heteroatoms. The number of aryl methyl sites for hydroxylation is 1. The highest BCUT2D eigenvalue weighted by atomic mass is 79.9. The topological polar surface area (TPSA) is 55.4 Å². The first-order chi connectivity index (χ1) is 10.5. The van der Waals surface area contributed by atoms with Crippen LogP contribution in [0.15, 0.2) is 34.8 Å². The van der Waals surface area contributed by atoms with Crippen LogP contribution < -0.4 is 5.32 Å². The first-order valence-electron chi connectivity index (χ1n) is 6.81. The molecular formula is C16H16BrNO3S. The second-order valence-electron chi connectivity index (χ2n) is 4.67. The molecule has 0 atom stereocenters. The number of halogens is 1. The van der Waals surface area contributed by atoms with Gasteiger partial charge >= 0.3 is 5.97 Å². The maximum Gasteiger partial charge on any atom is 0.341 e. The normalized spacial score (nSPS) is 10.3. The highest BCUT2D eigenvalue weighted by molar-refractivity contribution is 9.10. The predicted molar refractivity (Wildman–Crippen MR) is 91.5 cm³/mol. The number of anilines is 1. The van der Waals surface area contributed by atoms with Gasteiger partial charge in [-0.05, 0) is 37.6 Å². The number of amides is 1. The van der Waals surface area contributed by atoms with Crippen molar-refractivity contribution in [1.29, 1.82) is 0 Å². The largest absolute Gasteiger partial charge is 0.462 e. The van der Waals surface area contributed by atoms with E-state index in [2.05, 4.69) is 21.2 Å². The number of ether oxygens (including phenoxy) is 1. The van der Waals surface area contributed by atoms with Crippen molar-refractivity contribution in [2.45, 2.75) is 20.3 Å². The molecule has 22 heavy (non-hydrogen) atoms. The SMILES string of the molecule is CCOC(=O)c1cc(C)sc1NC(=O)Cc1ccc(Br)cc1. The predicted octanol–water partition coefficient (Wildman–Crippen LogP) is 4.18. The van der Waals surface area contributed by atoms with Crippen molar-refractivity contribution >= 4 is 44.1 Å². The van der Waals surface area contributed by atoms with Crippen molar-refractivity contribution in [1.82, 2.24) is 0 Å². The van der Waals surface area contributed by atoms with E-state index in [1.807, 2.05) is 31.2 Å². The Kier molecular flexibility index (Phi) is 5.74. The van der Waals surface area contributed by atoms with E-state index in [1.165, 1.54) is 11.3 Å². The number of rotatable bonds is 5. The Morgan fingerprint density at radius 3 is 2.59 bits per heavy atom. The number of hydrogen-bond acceptors (Lipinski definition) is 4. The fraction of sp³-hybridized carbons (Fsp3) is 0.250. The zero-order valence-electron chi connectivity index (χ0n) is 12.3. The van der Waals surface area contributed by atoms with E-state index in [1.54, 1.807) is 13.0 Å². The third-order valence-corrected chi connectivity index (χ3v) is 4.38. The number of carbonyl (C=O) groups is 2. The summed E-state index contributed by atoms with van der Waals surface area (Å²) in [6.45, 7) is 3.95. The van der Waals surface area contributed by atoms with E-state index in [0.29, 0.717) is 17.2 Å². The van der Waals surface area contributed by atoms with Gasteiger partial charge in [0.1, 0.15) is 5.00 Å². The maximum atomic E-state index is 12.1. The molecule has 0 saturated heterocycles. The van der Waals surface area contributed by atoms with E-state index >= 15 is 0 Å². The minimum absolute atomic E-state index is 0.158. The van der Waals surface area contributed by atoms with Crippen molar-refractivity contribution in [3.63, 3.8) is 0 Å². The number of hydrogen-bond donors (Lipinski definition) is 1. The van der Waals surface area contributed by atoms with Crippen LogP contribution in [0.2, 0.25) is 0 Å². The zero-order chi connectivity index (χ0) is 16.1. The zero-order valence-corrected chi connectivity index (χ0v) is 14.7. The molecule has 0 radical (unpaired) electrons. The monoisotopic (exact) mass is 381 g/mol. The Morgan fingerprint density at radius 1 is 1.27 bits per heavy atom. The number of nitrogens with one attached hydrogen (secondary N) is 1. The smallest absolute Gasteiger partial charge is 0.341 e. The number of thiophene rings is 1. The molecule has 1 N–H and O–H groups in total. The molecule has 2 rings (SSSR count). The number of benzene rings is 1. The van der Waals surface area contributed by atoms with Crippen LogP contribution >= 0.6 is 27.3 Å². The average molecular weight is 382 g/mol. The Labute approximate surface area is 141 Å². The number of carbonyl (C=O) groups excluding carboxylic acids is 2. The lowest BCUT2D eigenvalue weighted by Gasteiger charge is -2.06. The van der Waals surface area contributed by atoms with Crippen molar-refractivity contribution in [3.8, 4) is 0 Å². The van der Waals surface area contributed by atoms with Gasteiger partial charge in [0, 0.05) is 9.35 Å². The van der Waals surface area contributed by atoms with Gasteiger partial charge in [-0.3, -0.25) is 4.79 Å². The van der Waals surface area contributed by atoms with Gasteiger partial charge in [0.25, 0.3) is 0 Å². The maximum absolute atomic E-state index is 12.1. The molecule has 0 fully saturated rings. The molecule has 2 aromatic rings. The van der Waals surface area contributed by atoms with Gasteiger partial charge in [0.15, 0.2) is 0 Å². The fourth-order valence-electron chi connectivity index (χ4n) is 1.93. The summed E-state index contributed by atoms with van der Waals surface area (Å²) in [6, 6.07) is 9.28. The summed E-state index contributed by atoms with van der Waals surface area (Å²) < 4.78 is 5.97. The minimum Gasteiger partial charge on any atom is -0.462 e. The van der Waals surface area contributed by atoms with Crippen molar-refractivity contribution in [3.05, 3.63) is 50.8 Å². The third kappa shape index (κ3) is 4.42. The van der Waals surface area contributed by atoms with Crippen molar-refractivity contribution in [2.75, 3.05) is 11.9 Å². The van der Waals surface area contributed by atoms with Gasteiger partial charge in [-0.25, -0.2) is 4.79 Å². The molecule has 1 aromatic carbocycles. The molecule has 0 aliphatic rings. The van der Waals surface area contributed by atoms with E-state index in [-0.39, 0.29) is 12.3 Å². The van der Waals surface area contributed by atoms with Crippen molar-refractivity contribution < 1.29 is 14.3 Å². The van der Waals surface area contributed by atoms with Crippen LogP contribution in [0, 0.1) is 6.92 Å². The van der Waals surface area contributed by atoms with E-state index in [9.17, 15) is 9.59 Å². The van der Waals surface area contributed by atoms with Crippen LogP contribution in [0.1, 0.15) is 27.7 Å². The van der Waals surface area contributed by atoms with Crippen LogP contribution in [0.5, 0.6) is 0 Å². The Balaban J connectivity index is 2.08. The quantitative estimate of drug-likeness (QED) is 0.790. The van der Waals surface area contributed by atoms with Gasteiger partial charge in [0.05, 0.1) is 18.6 Å². The summed E-state index contributed by atoms with van der Waals surface area (Å²) in [5, 5.41) is 3.34. The summed E-state index contributed by atoms with van der Waals surface area (Å²) in [4.78, 5) is 25.0. The van der Waals surface area contributed by atoms with Gasteiger partial charge in [-0.2, -0.15) is 0 Å². The van der Waals surface area contributed by atoms with Gasteiger partial charge in [0.2, 0.25) is 5.91 Å². The average Bonchev–Trinajstić information content (AvgIpc) is 2.82. The molecule has 1 amide bonds. The first kappa shape index (κ1) is 16.7. The first-order valence-corrected chi connectivity index (χ1v) is 8.42. The van der Waals surface area contributed by atoms with Crippen LogP contribution in [0.3, 0.4) is 0 Å². The van der Waals surface area contributed by atoms with Gasteiger partial charge in [-0.15, -0.1) is 11.3 Å². The Bertz CT molecular complexity index is 679. The summed E-state index contributed by atoms with van der Waals surface area (Å²) in [5.41, 5.74) is 1.32. The lowest BCUT2D eigenvalue weighted by molar-refractivity contribution is -0.115. The summed E-state index contributed by atoms with van der Waals surface area (Å²) in [5.74, 6) is -0.569. The minimum atomic E-state index is -0.411. The summed E-state index contributed by atoms with van der Waals surface area (Å²) in [6.07, 6.45) is 0.256. The second kappa shape index (κ2) is 7.56. The number of esters is 1. The highest BCUT2D eigenvalue weighted by Crippen LogP contribution is 2.28. The van der Waals surface area contributed by atoms with Crippen molar-refractivity contribution in [2.24, 2.45) is 0 Å². The van der Waals surface area contributed by atoms with E-state index in [0.717, 1.165) is 14.9 Å². The molecule has 116 valence electrons. The van der Waals surface area contributed by atoms with Crippen LogP contribution in [-0.2, 0) is 16.0 Å². The summed E-state index contributed by atoms with van der Waals surface area (Å²) in [7, 11) is 0. The molecule has 0 saturated carbocycles. The molecule has 0 spiro atoms. The fourth-order valence-corrected chi connectivity index (χ4v) is 3.11. The molecular weight excluding hydrogens is 366 g/mol. The lowest BCUT2D eigenvalue weighted by atomic mass is 10.1. The molecule has 0 aliphatic carbocycles. The Morgan fingerprint density at radius 2 is 1.95 bits per heavy atom. The summed E-state index contributed by atoms with van der Waals surface area (Å²) >= 11 is 4.73. The van der Waals surface area contributed by atoms with Gasteiger partial charge < -0.3 is 10.1 Å². The molecule has 1 heterocycles. The Hall–Kier alpha value is -1.66. The standard InChI is InChI=1S/C16H16BrNO3S/c1-3-21-16(20)13-8-10(2)22-15(13)18-14(19)9-11-4-6-12(17)7-5-11/h4-8H,3,9H2,1-2H3,(H,18,19). The van der Waals surface area contributed by atoms with Crippen LogP contribution in [0.25, 0.3) is 0 Å². The molecule has 0 aliphatic heterocycles. The van der Waals surface area contributed by atoms with E-state index in [4.69, 9.17) is 4.74 Å². The third-order valence-electron chi connectivity index (χ3n) is 2.88. The van der Waals surface area contributed by atoms with Gasteiger partial charge in [-0.1, -0.05) is 28.1 Å². The highest BCUT2D eigenvalue weighted by Gasteiger charge is 2.17. The molecule has 0 bridgehead atoms. The molecule has 1 aromatic heterocycles. The van der Waals surface area contributed by atoms with E-state index < -0.39 is 5.97 Å².